The van der Waals surface area contributed by atoms with Crippen LogP contribution in [0.2, 0.25) is 0 Å². The molecule has 0 saturated heterocycles. The summed E-state index contributed by atoms with van der Waals surface area (Å²) >= 11 is 0. The first kappa shape index (κ1) is 17.4. The molecule has 0 aromatic carbocycles. The number of ether oxygens (including phenoxy) is 1. The van der Waals surface area contributed by atoms with Crippen LogP contribution in [0.15, 0.2) is 0 Å². The Morgan fingerprint density at radius 2 is 1.50 bits per heavy atom. The fraction of sp³-hybridized carbons (Fsp3) is 0.933. The molecule has 0 bridgehead atoms. The SMILES string of the molecule is CCCCCCCCCC(=O)OC(N)CCCC. The zero-order valence-corrected chi connectivity index (χ0v) is 12.2. The second kappa shape index (κ2) is 12.9. The van der Waals surface area contributed by atoms with E-state index in [0.29, 0.717) is 6.42 Å². The number of nitrogens with two attached hydrogens (primary N) is 1. The molecule has 2 N–H and O–H groups in total. The molecule has 0 aromatic heterocycles. The number of carbonyl (C=O) groups excluding carboxylic acids is 1. The second-order valence-corrected chi connectivity index (χ2v) is 5.04. The minimum atomic E-state index is -0.401. The highest BCUT2D eigenvalue weighted by Gasteiger charge is 2.08. The Hall–Kier alpha value is -0.570. The molecule has 0 spiro atoms. The predicted molar refractivity (Wildman–Crippen MR) is 76.2 cm³/mol. The third kappa shape index (κ3) is 11.9. The van der Waals surface area contributed by atoms with Crippen LogP contribution in [-0.2, 0) is 9.53 Å². The van der Waals surface area contributed by atoms with Crippen LogP contribution >= 0.6 is 0 Å². The molecule has 0 radical (unpaired) electrons. The summed E-state index contributed by atoms with van der Waals surface area (Å²) in [6.07, 6.45) is 11.5. The normalized spacial score (nSPS) is 12.4. The van der Waals surface area contributed by atoms with E-state index in [0.717, 1.165) is 32.1 Å². The summed E-state index contributed by atoms with van der Waals surface area (Å²) in [6, 6.07) is 0. The lowest BCUT2D eigenvalue weighted by Gasteiger charge is -2.12. The smallest absolute Gasteiger partial charge is 0.307 e. The van der Waals surface area contributed by atoms with E-state index >= 15 is 0 Å². The van der Waals surface area contributed by atoms with E-state index < -0.39 is 6.23 Å². The van der Waals surface area contributed by atoms with Crippen molar-refractivity contribution in [3.63, 3.8) is 0 Å². The van der Waals surface area contributed by atoms with Gasteiger partial charge in [0.2, 0.25) is 0 Å². The van der Waals surface area contributed by atoms with E-state index in [1.54, 1.807) is 0 Å². The van der Waals surface area contributed by atoms with Crippen molar-refractivity contribution in [2.45, 2.75) is 90.7 Å². The predicted octanol–water partition coefficient (Wildman–Crippen LogP) is 4.15. The lowest BCUT2D eigenvalue weighted by atomic mass is 10.1. The fourth-order valence-corrected chi connectivity index (χ4v) is 1.92. The van der Waals surface area contributed by atoms with Crippen LogP contribution in [-0.4, -0.2) is 12.2 Å². The molecule has 1 unspecified atom stereocenters. The number of rotatable bonds is 12. The Kier molecular flexibility index (Phi) is 12.5. The van der Waals surface area contributed by atoms with Crippen LogP contribution in [0.25, 0.3) is 0 Å². The summed E-state index contributed by atoms with van der Waals surface area (Å²) in [5, 5.41) is 0. The van der Waals surface area contributed by atoms with Crippen LogP contribution in [0.3, 0.4) is 0 Å². The Morgan fingerprint density at radius 1 is 0.944 bits per heavy atom. The molecule has 0 rings (SSSR count). The summed E-state index contributed by atoms with van der Waals surface area (Å²) in [4.78, 5) is 11.4. The van der Waals surface area contributed by atoms with E-state index in [4.69, 9.17) is 10.5 Å². The zero-order chi connectivity index (χ0) is 13.6. The molecule has 0 amide bonds. The standard InChI is InChI=1S/C15H31NO2/c1-3-5-7-8-9-10-11-13-15(17)18-14(16)12-6-4-2/h14H,3-13,16H2,1-2H3. The maximum absolute atomic E-state index is 11.4. The lowest BCUT2D eigenvalue weighted by molar-refractivity contribution is -0.149. The van der Waals surface area contributed by atoms with Crippen molar-refractivity contribution in [2.75, 3.05) is 0 Å². The highest BCUT2D eigenvalue weighted by Crippen LogP contribution is 2.09. The summed E-state index contributed by atoms with van der Waals surface area (Å²) in [5.41, 5.74) is 5.70. The van der Waals surface area contributed by atoms with Gasteiger partial charge in [0.25, 0.3) is 0 Å². The first-order valence-corrected chi connectivity index (χ1v) is 7.65. The molecular formula is C15H31NO2. The van der Waals surface area contributed by atoms with Crippen molar-refractivity contribution in [3.8, 4) is 0 Å². The van der Waals surface area contributed by atoms with E-state index in [1.807, 2.05) is 0 Å². The van der Waals surface area contributed by atoms with Crippen molar-refractivity contribution < 1.29 is 9.53 Å². The van der Waals surface area contributed by atoms with Gasteiger partial charge in [0, 0.05) is 6.42 Å². The summed E-state index contributed by atoms with van der Waals surface area (Å²) < 4.78 is 5.14. The van der Waals surface area contributed by atoms with Crippen molar-refractivity contribution >= 4 is 5.97 Å². The first-order valence-electron chi connectivity index (χ1n) is 7.65. The van der Waals surface area contributed by atoms with E-state index in [2.05, 4.69) is 13.8 Å². The van der Waals surface area contributed by atoms with Crippen molar-refractivity contribution in [3.05, 3.63) is 0 Å². The molecule has 0 aliphatic carbocycles. The van der Waals surface area contributed by atoms with Gasteiger partial charge in [-0.3, -0.25) is 10.5 Å². The second-order valence-electron chi connectivity index (χ2n) is 5.04. The highest BCUT2D eigenvalue weighted by molar-refractivity contribution is 5.69. The van der Waals surface area contributed by atoms with Crippen LogP contribution in [0, 0.1) is 0 Å². The Bertz CT molecular complexity index is 195. The molecule has 108 valence electrons. The summed E-state index contributed by atoms with van der Waals surface area (Å²) in [6.45, 7) is 4.32. The number of hydrogen-bond acceptors (Lipinski definition) is 3. The molecule has 3 heteroatoms. The molecule has 0 aliphatic rings. The largest absolute Gasteiger partial charge is 0.447 e. The Morgan fingerprint density at radius 3 is 2.11 bits per heavy atom. The molecule has 0 aromatic rings. The van der Waals surface area contributed by atoms with Gasteiger partial charge in [-0.2, -0.15) is 0 Å². The average Bonchev–Trinajstić information content (AvgIpc) is 2.35. The highest BCUT2D eigenvalue weighted by atomic mass is 16.6. The summed E-state index contributed by atoms with van der Waals surface area (Å²) in [5.74, 6) is -0.132. The zero-order valence-electron chi connectivity index (χ0n) is 12.2. The van der Waals surface area contributed by atoms with Crippen molar-refractivity contribution in [2.24, 2.45) is 5.73 Å². The molecule has 0 fully saturated rings. The van der Waals surface area contributed by atoms with E-state index in [-0.39, 0.29) is 5.97 Å². The average molecular weight is 257 g/mol. The third-order valence-corrected chi connectivity index (χ3v) is 3.11. The van der Waals surface area contributed by atoms with E-state index in [1.165, 1.54) is 32.1 Å². The molecule has 1 atom stereocenters. The van der Waals surface area contributed by atoms with Gasteiger partial charge in [0.15, 0.2) is 6.23 Å². The van der Waals surface area contributed by atoms with Crippen molar-refractivity contribution in [1.29, 1.82) is 0 Å². The van der Waals surface area contributed by atoms with Gasteiger partial charge >= 0.3 is 5.97 Å². The Labute approximate surface area is 112 Å². The van der Waals surface area contributed by atoms with Crippen LogP contribution in [0.4, 0.5) is 0 Å². The van der Waals surface area contributed by atoms with Gasteiger partial charge in [-0.25, -0.2) is 0 Å². The van der Waals surface area contributed by atoms with Gasteiger partial charge in [-0.05, 0) is 19.3 Å². The number of unbranched alkanes of at least 4 members (excludes halogenated alkanes) is 7. The maximum atomic E-state index is 11.4. The minimum absolute atomic E-state index is 0.132. The third-order valence-electron chi connectivity index (χ3n) is 3.11. The van der Waals surface area contributed by atoms with Gasteiger partial charge in [0.05, 0.1) is 0 Å². The lowest BCUT2D eigenvalue weighted by Crippen LogP contribution is -2.26. The monoisotopic (exact) mass is 257 g/mol. The van der Waals surface area contributed by atoms with Gasteiger partial charge in [-0.15, -0.1) is 0 Å². The molecule has 18 heavy (non-hydrogen) atoms. The summed E-state index contributed by atoms with van der Waals surface area (Å²) in [7, 11) is 0. The van der Waals surface area contributed by atoms with Crippen molar-refractivity contribution in [1.82, 2.24) is 0 Å². The van der Waals surface area contributed by atoms with Crippen LogP contribution in [0.5, 0.6) is 0 Å². The maximum Gasteiger partial charge on any atom is 0.307 e. The molecular weight excluding hydrogens is 226 g/mol. The van der Waals surface area contributed by atoms with Crippen LogP contribution < -0.4 is 5.73 Å². The molecule has 0 heterocycles. The van der Waals surface area contributed by atoms with Gasteiger partial charge in [-0.1, -0.05) is 58.8 Å². The van der Waals surface area contributed by atoms with Crippen LogP contribution in [0.1, 0.15) is 84.5 Å². The topological polar surface area (TPSA) is 52.3 Å². The quantitative estimate of drug-likeness (QED) is 0.325. The number of esters is 1. The first-order chi connectivity index (χ1) is 8.70. The molecule has 0 aliphatic heterocycles. The van der Waals surface area contributed by atoms with Gasteiger partial charge < -0.3 is 4.74 Å². The Balaban J connectivity index is 3.31. The number of hydrogen-bond donors (Lipinski definition) is 1. The van der Waals surface area contributed by atoms with E-state index in [9.17, 15) is 4.79 Å². The van der Waals surface area contributed by atoms with Gasteiger partial charge in [0.1, 0.15) is 0 Å². The fourth-order valence-electron chi connectivity index (χ4n) is 1.92. The number of carbonyl (C=O) groups is 1. The molecule has 0 saturated carbocycles. The molecule has 3 nitrogen and oxygen atoms in total. The minimum Gasteiger partial charge on any atom is -0.447 e.